The number of amides is 1. The van der Waals surface area contributed by atoms with Crippen LogP contribution >= 0.6 is 11.5 Å². The summed E-state index contributed by atoms with van der Waals surface area (Å²) in [7, 11) is -3.58. The molecule has 0 spiro atoms. The normalized spacial score (nSPS) is 11.5. The van der Waals surface area contributed by atoms with Crippen molar-refractivity contribution in [3.05, 3.63) is 64.7 Å². The molecule has 0 bridgehead atoms. The lowest BCUT2D eigenvalue weighted by atomic mass is 10.1. The number of hydrogen-bond donors (Lipinski definition) is 1. The first-order chi connectivity index (χ1) is 16.7. The summed E-state index contributed by atoms with van der Waals surface area (Å²) < 4.78 is 38.9. The number of para-hydroxylation sites is 1. The molecule has 3 rings (SSSR count). The molecule has 0 aliphatic rings. The molecule has 0 radical (unpaired) electrons. The van der Waals surface area contributed by atoms with Crippen LogP contribution in [-0.2, 0) is 14.6 Å². The first-order valence-electron chi connectivity index (χ1n) is 10.6. The number of anilines is 1. The summed E-state index contributed by atoms with van der Waals surface area (Å²) in [4.78, 5) is 16.2. The Balaban J connectivity index is 1.56. The van der Waals surface area contributed by atoms with Crippen molar-refractivity contribution < 1.29 is 22.7 Å². The highest BCUT2D eigenvalue weighted by Gasteiger charge is 2.20. The van der Waals surface area contributed by atoms with Crippen molar-refractivity contribution in [1.82, 2.24) is 9.36 Å². The zero-order chi connectivity index (χ0) is 25.4. The Morgan fingerprint density at radius 1 is 1.11 bits per heavy atom. The molecule has 182 valence electrons. The molecule has 0 fully saturated rings. The lowest BCUT2D eigenvalue weighted by Crippen LogP contribution is -2.13. The van der Waals surface area contributed by atoms with E-state index >= 15 is 0 Å². The smallest absolute Gasteiger partial charge is 0.268 e. The van der Waals surface area contributed by atoms with Gasteiger partial charge in [-0.25, -0.2) is 8.42 Å². The quantitative estimate of drug-likeness (QED) is 0.245. The Labute approximate surface area is 208 Å². The van der Waals surface area contributed by atoms with Gasteiger partial charge in [-0.3, -0.25) is 10.1 Å². The van der Waals surface area contributed by atoms with Crippen molar-refractivity contribution in [2.24, 2.45) is 0 Å². The van der Waals surface area contributed by atoms with Crippen molar-refractivity contribution in [3.63, 3.8) is 0 Å². The van der Waals surface area contributed by atoms with Crippen molar-refractivity contribution in [3.8, 4) is 17.6 Å². The van der Waals surface area contributed by atoms with Gasteiger partial charge in [0.05, 0.1) is 5.75 Å². The van der Waals surface area contributed by atoms with E-state index in [1.54, 1.807) is 24.3 Å². The Morgan fingerprint density at radius 3 is 2.40 bits per heavy atom. The van der Waals surface area contributed by atoms with Crippen molar-refractivity contribution in [2.75, 3.05) is 24.3 Å². The van der Waals surface area contributed by atoms with Crippen LogP contribution in [0.4, 0.5) is 5.13 Å². The van der Waals surface area contributed by atoms with Crippen molar-refractivity contribution in [2.45, 2.75) is 25.9 Å². The third-order valence-electron chi connectivity index (χ3n) is 4.85. The maximum Gasteiger partial charge on any atom is 0.268 e. The Bertz CT molecular complexity index is 1350. The zero-order valence-corrected chi connectivity index (χ0v) is 21.1. The zero-order valence-electron chi connectivity index (χ0n) is 19.4. The molecule has 1 heterocycles. The summed E-state index contributed by atoms with van der Waals surface area (Å²) in [6.45, 7) is 6.20. The summed E-state index contributed by atoms with van der Waals surface area (Å²) in [5.41, 5.74) is 2.57. The third kappa shape index (κ3) is 6.88. The van der Waals surface area contributed by atoms with Crippen LogP contribution in [0.3, 0.4) is 0 Å². The van der Waals surface area contributed by atoms with E-state index in [-0.39, 0.29) is 21.6 Å². The molecule has 1 amide bonds. The van der Waals surface area contributed by atoms with E-state index in [0.29, 0.717) is 24.5 Å². The van der Waals surface area contributed by atoms with E-state index in [0.717, 1.165) is 28.4 Å². The minimum Gasteiger partial charge on any atom is -0.490 e. The average Bonchev–Trinajstić information content (AvgIpc) is 3.32. The lowest BCUT2D eigenvalue weighted by Gasteiger charge is -2.12. The summed E-state index contributed by atoms with van der Waals surface area (Å²) in [5.74, 6) is 0.608. The number of nitrogens with one attached hydrogen (secondary N) is 1. The fourth-order valence-corrected chi connectivity index (χ4v) is 4.57. The van der Waals surface area contributed by atoms with Gasteiger partial charge in [-0.15, -0.1) is 0 Å². The van der Waals surface area contributed by atoms with Crippen LogP contribution in [0.5, 0.6) is 11.5 Å². The van der Waals surface area contributed by atoms with Gasteiger partial charge in [0.25, 0.3) is 11.1 Å². The van der Waals surface area contributed by atoms with Gasteiger partial charge in [0, 0.05) is 11.5 Å². The van der Waals surface area contributed by atoms with E-state index in [2.05, 4.69) is 14.7 Å². The first kappa shape index (κ1) is 25.9. The molecule has 0 unspecified atom stereocenters. The van der Waals surface area contributed by atoms with Gasteiger partial charge in [-0.05, 0) is 48.7 Å². The number of carbonyl (C=O) groups is 1. The molecule has 0 aliphatic carbocycles. The monoisotopic (exact) mass is 512 g/mol. The second-order valence-corrected chi connectivity index (χ2v) is 10.3. The summed E-state index contributed by atoms with van der Waals surface area (Å²) in [5, 5.41) is 11.4. The number of benzene rings is 2. The van der Waals surface area contributed by atoms with E-state index in [4.69, 9.17) is 9.47 Å². The van der Waals surface area contributed by atoms with Gasteiger partial charge in [-0.1, -0.05) is 37.3 Å². The molecular weight excluding hydrogens is 488 g/mol. The molecule has 9 nitrogen and oxygen atoms in total. The number of hydrogen-bond acceptors (Lipinski definition) is 9. The number of aromatic nitrogens is 2. The number of ether oxygens (including phenoxy) is 2. The highest BCUT2D eigenvalue weighted by atomic mass is 32.2. The molecule has 0 aliphatic heterocycles. The van der Waals surface area contributed by atoms with Gasteiger partial charge < -0.3 is 9.47 Å². The second-order valence-electron chi connectivity index (χ2n) is 7.40. The summed E-state index contributed by atoms with van der Waals surface area (Å²) in [6, 6.07) is 14.7. The number of nitriles is 1. The summed E-state index contributed by atoms with van der Waals surface area (Å²) >= 11 is 0.730. The largest absolute Gasteiger partial charge is 0.490 e. The minimum atomic E-state index is -3.58. The van der Waals surface area contributed by atoms with Crippen LogP contribution in [0.15, 0.2) is 53.2 Å². The summed E-state index contributed by atoms with van der Waals surface area (Å²) in [6.07, 6.45) is 1.41. The number of rotatable bonds is 10. The SMILES string of the molecule is CCS(=O)(=O)c1nsc(NC(=O)C(C#N)=Cc2ccc(OCCOc3c(C)cccc3C)cc2)n1. The van der Waals surface area contributed by atoms with Crippen LogP contribution in [0, 0.1) is 25.2 Å². The molecule has 1 aromatic heterocycles. The predicted octanol–water partition coefficient (Wildman–Crippen LogP) is 3.95. The number of aryl methyl sites for hydroxylation is 2. The number of nitrogens with zero attached hydrogens (tertiary/aromatic N) is 3. The Morgan fingerprint density at radius 2 is 1.77 bits per heavy atom. The van der Waals surface area contributed by atoms with Crippen LogP contribution < -0.4 is 14.8 Å². The first-order valence-corrected chi connectivity index (χ1v) is 13.1. The fraction of sp³-hybridized carbons (Fsp3) is 0.250. The van der Waals surface area contributed by atoms with Gasteiger partial charge in [0.1, 0.15) is 36.4 Å². The lowest BCUT2D eigenvalue weighted by molar-refractivity contribution is -0.112. The van der Waals surface area contributed by atoms with E-state index in [1.165, 1.54) is 13.0 Å². The fourth-order valence-electron chi connectivity index (χ4n) is 2.99. The molecular formula is C24H24N4O5S2. The van der Waals surface area contributed by atoms with Crippen LogP contribution in [0.1, 0.15) is 23.6 Å². The van der Waals surface area contributed by atoms with E-state index in [1.807, 2.05) is 38.1 Å². The molecule has 2 aromatic carbocycles. The third-order valence-corrected chi connectivity index (χ3v) is 7.09. The maximum atomic E-state index is 12.4. The number of carbonyl (C=O) groups excluding carboxylic acids is 1. The molecule has 1 N–H and O–H groups in total. The maximum absolute atomic E-state index is 12.4. The Hall–Kier alpha value is -3.75. The topological polar surface area (TPSA) is 131 Å². The highest BCUT2D eigenvalue weighted by Crippen LogP contribution is 2.22. The van der Waals surface area contributed by atoms with E-state index < -0.39 is 15.7 Å². The average molecular weight is 513 g/mol. The minimum absolute atomic E-state index is 0.00460. The molecule has 3 aromatic rings. The van der Waals surface area contributed by atoms with Crippen LogP contribution in [0.2, 0.25) is 0 Å². The highest BCUT2D eigenvalue weighted by molar-refractivity contribution is 7.91. The van der Waals surface area contributed by atoms with Gasteiger partial charge in [-0.2, -0.15) is 14.6 Å². The van der Waals surface area contributed by atoms with Crippen LogP contribution in [0.25, 0.3) is 6.08 Å². The molecule has 0 saturated carbocycles. The molecule has 35 heavy (non-hydrogen) atoms. The van der Waals surface area contributed by atoms with Crippen LogP contribution in [-0.4, -0.2) is 42.6 Å². The molecule has 11 heteroatoms. The Kier molecular flexibility index (Phi) is 8.57. The number of sulfone groups is 1. The molecule has 0 saturated heterocycles. The predicted molar refractivity (Wildman–Crippen MR) is 133 cm³/mol. The van der Waals surface area contributed by atoms with Gasteiger partial charge in [0.15, 0.2) is 0 Å². The van der Waals surface area contributed by atoms with Crippen molar-refractivity contribution >= 4 is 38.5 Å². The standard InChI is InChI=1S/C24H24N4O5S2/c1-4-35(30,31)24-27-23(34-28-24)26-22(29)19(15-25)14-18-8-10-20(11-9-18)32-12-13-33-21-16(2)6-5-7-17(21)3/h5-11,14H,4,12-13H2,1-3H3,(H,26,27,28,29). The van der Waals surface area contributed by atoms with Crippen molar-refractivity contribution in [1.29, 1.82) is 5.26 Å². The van der Waals surface area contributed by atoms with E-state index in [9.17, 15) is 18.5 Å². The van der Waals surface area contributed by atoms with Gasteiger partial charge >= 0.3 is 0 Å². The second kappa shape index (κ2) is 11.6. The molecule has 0 atom stereocenters. The van der Waals surface area contributed by atoms with Gasteiger partial charge in [0.2, 0.25) is 15.0 Å².